The molecule has 0 aliphatic heterocycles. The summed E-state index contributed by atoms with van der Waals surface area (Å²) in [5, 5.41) is 3.44. The average molecular weight is 316 g/mol. The van der Waals surface area contributed by atoms with Gasteiger partial charge in [0.1, 0.15) is 11.6 Å². The molecule has 0 spiro atoms. The lowest BCUT2D eigenvalue weighted by Crippen LogP contribution is -1.97. The Morgan fingerprint density at radius 2 is 2.12 bits per heavy atom. The highest BCUT2D eigenvalue weighted by molar-refractivity contribution is 9.10. The van der Waals surface area contributed by atoms with Gasteiger partial charge >= 0.3 is 0 Å². The Bertz CT molecular complexity index is 560. The number of nitrogens with one attached hydrogen (secondary N) is 1. The summed E-state index contributed by atoms with van der Waals surface area (Å²) < 4.78 is 13.9. The van der Waals surface area contributed by atoms with Gasteiger partial charge in [-0.2, -0.15) is 0 Å². The largest absolute Gasteiger partial charge is 0.338 e. The van der Waals surface area contributed by atoms with Crippen molar-refractivity contribution >= 4 is 39.0 Å². The molecule has 0 unspecified atom stereocenters. The fourth-order valence-electron chi connectivity index (χ4n) is 1.35. The van der Waals surface area contributed by atoms with E-state index in [1.165, 1.54) is 18.2 Å². The van der Waals surface area contributed by atoms with Gasteiger partial charge in [-0.15, -0.1) is 0 Å². The van der Waals surface area contributed by atoms with Crippen molar-refractivity contribution in [2.75, 3.05) is 5.32 Å². The summed E-state index contributed by atoms with van der Waals surface area (Å²) in [5.41, 5.74) is 1.53. The topological polar surface area (TPSA) is 24.9 Å². The van der Waals surface area contributed by atoms with Crippen molar-refractivity contribution in [3.05, 3.63) is 51.3 Å². The first kappa shape index (κ1) is 12.3. The van der Waals surface area contributed by atoms with Crippen LogP contribution >= 0.6 is 27.5 Å². The molecule has 1 aromatic carbocycles. The van der Waals surface area contributed by atoms with Crippen molar-refractivity contribution < 1.29 is 4.39 Å². The lowest BCUT2D eigenvalue weighted by Gasteiger charge is -2.10. The number of halogens is 3. The lowest BCUT2D eigenvalue weighted by molar-refractivity contribution is 0.628. The Balaban J connectivity index is 2.38. The van der Waals surface area contributed by atoms with E-state index in [2.05, 4.69) is 26.2 Å². The Morgan fingerprint density at radius 3 is 2.88 bits per heavy atom. The minimum Gasteiger partial charge on any atom is -0.338 e. The number of aromatic nitrogens is 1. The van der Waals surface area contributed by atoms with Gasteiger partial charge in [-0.25, -0.2) is 9.37 Å². The molecule has 0 fully saturated rings. The van der Waals surface area contributed by atoms with Crippen LogP contribution in [0, 0.1) is 12.7 Å². The molecule has 0 saturated carbocycles. The highest BCUT2D eigenvalue weighted by Gasteiger charge is 2.07. The second-order valence-corrected chi connectivity index (χ2v) is 4.74. The molecule has 1 heterocycles. The van der Waals surface area contributed by atoms with Crippen molar-refractivity contribution in [1.82, 2.24) is 4.98 Å². The molecular formula is C12H9BrClFN2. The molecule has 2 rings (SSSR count). The van der Waals surface area contributed by atoms with Gasteiger partial charge in [0.2, 0.25) is 0 Å². The third kappa shape index (κ3) is 2.76. The van der Waals surface area contributed by atoms with Crippen molar-refractivity contribution in [2.24, 2.45) is 0 Å². The quantitative estimate of drug-likeness (QED) is 0.869. The van der Waals surface area contributed by atoms with Crippen LogP contribution in [0.25, 0.3) is 0 Å². The van der Waals surface area contributed by atoms with Gasteiger partial charge in [0.05, 0.1) is 15.2 Å². The maximum absolute atomic E-state index is 13.1. The lowest BCUT2D eigenvalue weighted by atomic mass is 10.2. The maximum Gasteiger partial charge on any atom is 0.144 e. The molecule has 17 heavy (non-hydrogen) atoms. The molecule has 0 radical (unpaired) electrons. The molecule has 2 aromatic rings. The van der Waals surface area contributed by atoms with Crippen molar-refractivity contribution in [2.45, 2.75) is 6.92 Å². The summed E-state index contributed by atoms with van der Waals surface area (Å²) in [5.74, 6) is 0.262. The second-order valence-electron chi connectivity index (χ2n) is 3.54. The Morgan fingerprint density at radius 1 is 1.35 bits per heavy atom. The van der Waals surface area contributed by atoms with Gasteiger partial charge < -0.3 is 5.32 Å². The van der Waals surface area contributed by atoms with Crippen LogP contribution in [0.2, 0.25) is 5.02 Å². The summed E-state index contributed by atoms with van der Waals surface area (Å²) in [6.45, 7) is 1.95. The van der Waals surface area contributed by atoms with E-state index >= 15 is 0 Å². The molecule has 0 aliphatic carbocycles. The molecule has 1 aromatic heterocycles. The van der Waals surface area contributed by atoms with Crippen LogP contribution in [0.3, 0.4) is 0 Å². The number of rotatable bonds is 2. The van der Waals surface area contributed by atoms with Crippen LogP contribution < -0.4 is 5.32 Å². The van der Waals surface area contributed by atoms with E-state index in [9.17, 15) is 4.39 Å². The number of pyridine rings is 1. The van der Waals surface area contributed by atoms with Gasteiger partial charge in [-0.05, 0) is 52.7 Å². The molecule has 2 nitrogen and oxygen atoms in total. The summed E-state index contributed by atoms with van der Waals surface area (Å²) in [7, 11) is 0. The number of aryl methyl sites for hydroxylation is 1. The zero-order valence-corrected chi connectivity index (χ0v) is 11.3. The van der Waals surface area contributed by atoms with Gasteiger partial charge in [0.25, 0.3) is 0 Å². The molecule has 0 saturated heterocycles. The highest BCUT2D eigenvalue weighted by Crippen LogP contribution is 2.30. The SMILES string of the molecule is Cc1ccnc(Nc2cc(F)ccc2Cl)c1Br. The smallest absolute Gasteiger partial charge is 0.144 e. The predicted octanol–water partition coefficient (Wildman–Crippen LogP) is 4.69. The number of anilines is 2. The van der Waals surface area contributed by atoms with Gasteiger partial charge in [0.15, 0.2) is 0 Å². The summed E-state index contributed by atoms with van der Waals surface area (Å²) in [4.78, 5) is 4.17. The average Bonchev–Trinajstić information content (AvgIpc) is 2.30. The summed E-state index contributed by atoms with van der Waals surface area (Å²) in [6.07, 6.45) is 1.68. The van der Waals surface area contributed by atoms with E-state index in [4.69, 9.17) is 11.6 Å². The molecule has 5 heteroatoms. The normalized spacial score (nSPS) is 10.4. The summed E-state index contributed by atoms with van der Waals surface area (Å²) >= 11 is 9.38. The van der Waals surface area contributed by atoms with E-state index in [0.717, 1.165) is 10.0 Å². The zero-order valence-electron chi connectivity index (χ0n) is 8.97. The molecule has 0 bridgehead atoms. The van der Waals surface area contributed by atoms with Gasteiger partial charge in [0, 0.05) is 6.20 Å². The maximum atomic E-state index is 13.1. The van der Waals surface area contributed by atoms with Crippen LogP contribution in [-0.4, -0.2) is 4.98 Å². The third-order valence-electron chi connectivity index (χ3n) is 2.26. The van der Waals surface area contributed by atoms with Crippen molar-refractivity contribution in [3.8, 4) is 0 Å². The minimum absolute atomic E-state index is 0.347. The summed E-state index contributed by atoms with van der Waals surface area (Å²) in [6, 6.07) is 6.02. The van der Waals surface area contributed by atoms with Crippen LogP contribution in [0.15, 0.2) is 34.9 Å². The highest BCUT2D eigenvalue weighted by atomic mass is 79.9. The molecule has 1 N–H and O–H groups in total. The van der Waals surface area contributed by atoms with Crippen molar-refractivity contribution in [1.29, 1.82) is 0 Å². The van der Waals surface area contributed by atoms with Crippen LogP contribution in [0.5, 0.6) is 0 Å². The first-order valence-corrected chi connectivity index (χ1v) is 6.08. The molecule has 0 amide bonds. The van der Waals surface area contributed by atoms with E-state index in [1.807, 2.05) is 13.0 Å². The molecular weight excluding hydrogens is 307 g/mol. The van der Waals surface area contributed by atoms with E-state index in [0.29, 0.717) is 16.5 Å². The zero-order chi connectivity index (χ0) is 12.4. The van der Waals surface area contributed by atoms with E-state index < -0.39 is 0 Å². The van der Waals surface area contributed by atoms with Gasteiger partial charge in [-0.3, -0.25) is 0 Å². The predicted molar refractivity (Wildman–Crippen MR) is 71.4 cm³/mol. The Labute approximate surface area is 112 Å². The molecule has 88 valence electrons. The fourth-order valence-corrected chi connectivity index (χ4v) is 1.85. The Kier molecular flexibility index (Phi) is 3.64. The number of hydrogen-bond acceptors (Lipinski definition) is 2. The van der Waals surface area contributed by atoms with Crippen LogP contribution in [0.1, 0.15) is 5.56 Å². The molecule has 0 aliphatic rings. The first-order chi connectivity index (χ1) is 8.08. The number of nitrogens with zero attached hydrogens (tertiary/aromatic N) is 1. The van der Waals surface area contributed by atoms with Crippen LogP contribution in [0.4, 0.5) is 15.9 Å². The Hall–Kier alpha value is -1.13. The third-order valence-corrected chi connectivity index (χ3v) is 3.59. The number of hydrogen-bond donors (Lipinski definition) is 1. The van der Waals surface area contributed by atoms with Crippen molar-refractivity contribution in [3.63, 3.8) is 0 Å². The fraction of sp³-hybridized carbons (Fsp3) is 0.0833. The standard InChI is InChI=1S/C12H9BrClFN2/c1-7-4-5-16-12(11(7)13)17-10-6-8(15)2-3-9(10)14/h2-6H,1H3,(H,16,17). The van der Waals surface area contributed by atoms with E-state index in [-0.39, 0.29) is 5.82 Å². The first-order valence-electron chi connectivity index (χ1n) is 4.91. The molecule has 0 atom stereocenters. The monoisotopic (exact) mass is 314 g/mol. The number of benzene rings is 1. The second kappa shape index (κ2) is 5.02. The minimum atomic E-state index is -0.347. The van der Waals surface area contributed by atoms with Gasteiger partial charge in [-0.1, -0.05) is 11.6 Å². The van der Waals surface area contributed by atoms with Crippen LogP contribution in [-0.2, 0) is 0 Å². The van der Waals surface area contributed by atoms with E-state index in [1.54, 1.807) is 6.20 Å².